The van der Waals surface area contributed by atoms with Gasteiger partial charge in [0.2, 0.25) is 5.90 Å². The standard InChI is InChI=1S/C18H14FNO4/c1-22-12-7-8-16(23-2)11(9-12)10-15-18(21)24-17(20-15)13-5-3-4-6-14(13)19/h3-10H,1-2H3. The minimum absolute atomic E-state index is 0.0554. The monoisotopic (exact) mass is 327 g/mol. The maximum Gasteiger partial charge on any atom is 0.363 e. The van der Waals surface area contributed by atoms with Gasteiger partial charge in [-0.25, -0.2) is 14.2 Å². The van der Waals surface area contributed by atoms with E-state index in [1.165, 1.54) is 32.4 Å². The molecule has 0 amide bonds. The average Bonchev–Trinajstić information content (AvgIpc) is 2.95. The lowest BCUT2D eigenvalue weighted by Crippen LogP contribution is -2.07. The van der Waals surface area contributed by atoms with Gasteiger partial charge in [0.25, 0.3) is 0 Å². The number of rotatable bonds is 4. The van der Waals surface area contributed by atoms with Gasteiger partial charge in [0, 0.05) is 5.56 Å². The molecule has 2 aromatic carbocycles. The van der Waals surface area contributed by atoms with Crippen molar-refractivity contribution in [1.29, 1.82) is 0 Å². The Hall–Kier alpha value is -3.15. The molecule has 6 heteroatoms. The molecule has 1 aliphatic heterocycles. The maximum absolute atomic E-state index is 13.8. The van der Waals surface area contributed by atoms with Crippen molar-refractivity contribution in [2.24, 2.45) is 4.99 Å². The van der Waals surface area contributed by atoms with Crippen LogP contribution in [0.5, 0.6) is 11.5 Å². The molecule has 0 N–H and O–H groups in total. The molecular formula is C18H14FNO4. The predicted molar refractivity (Wildman–Crippen MR) is 86.6 cm³/mol. The normalized spacial score (nSPS) is 15.2. The van der Waals surface area contributed by atoms with Gasteiger partial charge >= 0.3 is 5.97 Å². The molecule has 1 heterocycles. The molecule has 3 rings (SSSR count). The second-order valence-corrected chi connectivity index (χ2v) is 4.92. The fourth-order valence-electron chi connectivity index (χ4n) is 2.26. The van der Waals surface area contributed by atoms with Crippen LogP contribution in [0.1, 0.15) is 11.1 Å². The molecule has 0 atom stereocenters. The van der Waals surface area contributed by atoms with Gasteiger partial charge in [0.15, 0.2) is 5.70 Å². The second kappa shape index (κ2) is 6.54. The molecule has 0 bridgehead atoms. The van der Waals surface area contributed by atoms with E-state index in [1.54, 1.807) is 30.3 Å². The summed E-state index contributed by atoms with van der Waals surface area (Å²) in [4.78, 5) is 16.1. The summed E-state index contributed by atoms with van der Waals surface area (Å²) in [6.45, 7) is 0. The summed E-state index contributed by atoms with van der Waals surface area (Å²) < 4.78 is 29.3. The van der Waals surface area contributed by atoms with Gasteiger partial charge in [-0.05, 0) is 36.4 Å². The third-order valence-electron chi connectivity index (χ3n) is 3.45. The molecule has 0 saturated carbocycles. The summed E-state index contributed by atoms with van der Waals surface area (Å²) in [5, 5.41) is 0. The maximum atomic E-state index is 13.8. The zero-order chi connectivity index (χ0) is 17.1. The molecule has 0 saturated heterocycles. The molecule has 0 aromatic heterocycles. The topological polar surface area (TPSA) is 57.1 Å². The molecule has 0 spiro atoms. The van der Waals surface area contributed by atoms with E-state index in [0.717, 1.165) is 0 Å². The number of ether oxygens (including phenoxy) is 3. The highest BCUT2D eigenvalue weighted by atomic mass is 19.1. The zero-order valence-corrected chi connectivity index (χ0v) is 13.1. The number of cyclic esters (lactones) is 1. The van der Waals surface area contributed by atoms with E-state index in [2.05, 4.69) is 4.99 Å². The van der Waals surface area contributed by atoms with Crippen LogP contribution in [0.25, 0.3) is 6.08 Å². The summed E-state index contributed by atoms with van der Waals surface area (Å²) in [5.74, 6) is -0.0773. The van der Waals surface area contributed by atoms with E-state index >= 15 is 0 Å². The van der Waals surface area contributed by atoms with Crippen LogP contribution in [-0.2, 0) is 9.53 Å². The summed E-state index contributed by atoms with van der Waals surface area (Å²) in [5.41, 5.74) is 0.786. The highest BCUT2D eigenvalue weighted by Gasteiger charge is 2.26. The van der Waals surface area contributed by atoms with E-state index in [9.17, 15) is 9.18 Å². The third kappa shape index (κ3) is 2.99. The Morgan fingerprint density at radius 1 is 1.12 bits per heavy atom. The van der Waals surface area contributed by atoms with Crippen molar-refractivity contribution >= 4 is 17.9 Å². The van der Waals surface area contributed by atoms with Gasteiger partial charge in [-0.1, -0.05) is 12.1 Å². The molecular weight excluding hydrogens is 313 g/mol. The Morgan fingerprint density at radius 3 is 2.62 bits per heavy atom. The average molecular weight is 327 g/mol. The van der Waals surface area contributed by atoms with Crippen LogP contribution >= 0.6 is 0 Å². The third-order valence-corrected chi connectivity index (χ3v) is 3.45. The SMILES string of the molecule is COc1ccc(OC)c(C=C2N=C(c3ccccc3F)OC2=O)c1. The van der Waals surface area contributed by atoms with E-state index in [4.69, 9.17) is 14.2 Å². The Labute approximate surface area is 138 Å². The zero-order valence-electron chi connectivity index (χ0n) is 13.1. The van der Waals surface area contributed by atoms with Crippen LogP contribution in [-0.4, -0.2) is 26.1 Å². The quantitative estimate of drug-likeness (QED) is 0.639. The predicted octanol–water partition coefficient (Wildman–Crippen LogP) is 3.19. The lowest BCUT2D eigenvalue weighted by atomic mass is 10.1. The first kappa shape index (κ1) is 15.7. The summed E-state index contributed by atoms with van der Waals surface area (Å²) in [6, 6.07) is 11.1. The molecule has 2 aromatic rings. The first-order valence-corrected chi connectivity index (χ1v) is 7.12. The lowest BCUT2D eigenvalue weighted by molar-refractivity contribution is -0.129. The number of benzene rings is 2. The minimum Gasteiger partial charge on any atom is -0.497 e. The molecule has 0 aliphatic carbocycles. The van der Waals surface area contributed by atoms with E-state index in [0.29, 0.717) is 17.1 Å². The fourth-order valence-corrected chi connectivity index (χ4v) is 2.26. The molecule has 0 radical (unpaired) electrons. The molecule has 122 valence electrons. The first-order valence-electron chi connectivity index (χ1n) is 7.12. The van der Waals surface area contributed by atoms with Crippen LogP contribution in [0.15, 0.2) is 53.2 Å². The van der Waals surface area contributed by atoms with E-state index in [-0.39, 0.29) is 17.2 Å². The molecule has 1 aliphatic rings. The number of nitrogens with zero attached hydrogens (tertiary/aromatic N) is 1. The Kier molecular flexibility index (Phi) is 4.29. The van der Waals surface area contributed by atoms with Gasteiger partial charge in [0.05, 0.1) is 19.8 Å². The van der Waals surface area contributed by atoms with Crippen molar-refractivity contribution < 1.29 is 23.4 Å². The summed E-state index contributed by atoms with van der Waals surface area (Å²) >= 11 is 0. The number of hydrogen-bond acceptors (Lipinski definition) is 5. The Balaban J connectivity index is 2.02. The van der Waals surface area contributed by atoms with Gasteiger partial charge < -0.3 is 14.2 Å². The van der Waals surface area contributed by atoms with Gasteiger partial charge in [0.1, 0.15) is 17.3 Å². The smallest absolute Gasteiger partial charge is 0.363 e. The van der Waals surface area contributed by atoms with Gasteiger partial charge in [-0.15, -0.1) is 0 Å². The van der Waals surface area contributed by atoms with Crippen molar-refractivity contribution in [3.8, 4) is 11.5 Å². The summed E-state index contributed by atoms with van der Waals surface area (Å²) in [6.07, 6.45) is 1.51. The molecule has 5 nitrogen and oxygen atoms in total. The van der Waals surface area contributed by atoms with Crippen molar-refractivity contribution in [2.45, 2.75) is 0 Å². The lowest BCUT2D eigenvalue weighted by Gasteiger charge is -2.07. The largest absolute Gasteiger partial charge is 0.497 e. The molecule has 0 unspecified atom stereocenters. The fraction of sp³-hybridized carbons (Fsp3) is 0.111. The van der Waals surface area contributed by atoms with Crippen molar-refractivity contribution in [1.82, 2.24) is 0 Å². The van der Waals surface area contributed by atoms with Crippen LogP contribution in [0.4, 0.5) is 4.39 Å². The number of methoxy groups -OCH3 is 2. The number of carbonyl (C=O) groups is 1. The second-order valence-electron chi connectivity index (χ2n) is 4.92. The van der Waals surface area contributed by atoms with Crippen molar-refractivity contribution in [2.75, 3.05) is 14.2 Å². The number of carbonyl (C=O) groups excluding carboxylic acids is 1. The Bertz CT molecular complexity index is 858. The first-order chi connectivity index (χ1) is 11.6. The molecule has 24 heavy (non-hydrogen) atoms. The van der Waals surface area contributed by atoms with Crippen LogP contribution in [0.3, 0.4) is 0 Å². The van der Waals surface area contributed by atoms with E-state index in [1.807, 2.05) is 0 Å². The van der Waals surface area contributed by atoms with Crippen molar-refractivity contribution in [3.05, 3.63) is 65.1 Å². The number of esters is 1. The van der Waals surface area contributed by atoms with Gasteiger partial charge in [-0.2, -0.15) is 0 Å². The Morgan fingerprint density at radius 2 is 1.92 bits per heavy atom. The summed E-state index contributed by atoms with van der Waals surface area (Å²) in [7, 11) is 3.06. The van der Waals surface area contributed by atoms with Crippen LogP contribution in [0, 0.1) is 5.82 Å². The van der Waals surface area contributed by atoms with Crippen molar-refractivity contribution in [3.63, 3.8) is 0 Å². The highest BCUT2D eigenvalue weighted by Crippen LogP contribution is 2.28. The van der Waals surface area contributed by atoms with E-state index < -0.39 is 11.8 Å². The minimum atomic E-state index is -0.655. The highest BCUT2D eigenvalue weighted by molar-refractivity contribution is 6.13. The number of hydrogen-bond donors (Lipinski definition) is 0. The van der Waals surface area contributed by atoms with Gasteiger partial charge in [-0.3, -0.25) is 0 Å². The molecule has 0 fully saturated rings. The van der Waals surface area contributed by atoms with Crippen LogP contribution in [0.2, 0.25) is 0 Å². The number of aliphatic imine (C=N–C) groups is 1. The van der Waals surface area contributed by atoms with Crippen LogP contribution < -0.4 is 9.47 Å². The number of halogens is 1.